The van der Waals surface area contributed by atoms with Crippen molar-refractivity contribution in [3.05, 3.63) is 94.3 Å². The Hall–Kier alpha value is -3.43. The summed E-state index contributed by atoms with van der Waals surface area (Å²) in [5.74, 6) is -1.42. The number of nitrogens with one attached hydrogen (secondary N) is 1. The largest absolute Gasteiger partial charge is 0.354 e. The molecule has 2 amide bonds. The highest BCUT2D eigenvalue weighted by molar-refractivity contribution is 7.92. The molecule has 0 radical (unpaired) electrons. The Morgan fingerprint density at radius 1 is 1.00 bits per heavy atom. The van der Waals surface area contributed by atoms with Gasteiger partial charge in [0.15, 0.2) is 0 Å². The molecule has 3 rings (SSSR count). The van der Waals surface area contributed by atoms with Crippen molar-refractivity contribution < 1.29 is 22.4 Å². The Bertz CT molecular complexity index is 1410. The van der Waals surface area contributed by atoms with Gasteiger partial charge in [0.05, 0.1) is 10.6 Å². The zero-order valence-corrected chi connectivity index (χ0v) is 24.0. The van der Waals surface area contributed by atoms with Crippen molar-refractivity contribution in [2.24, 2.45) is 0 Å². The molecule has 0 aromatic heterocycles. The maximum Gasteiger partial charge on any atom is 0.264 e. The van der Waals surface area contributed by atoms with Crippen LogP contribution in [0.5, 0.6) is 0 Å². The topological polar surface area (TPSA) is 86.8 Å². The minimum Gasteiger partial charge on any atom is -0.354 e. The average molecular weight is 574 g/mol. The first-order valence-corrected chi connectivity index (χ1v) is 14.4. The second kappa shape index (κ2) is 13.1. The Kier molecular flexibility index (Phi) is 10.1. The van der Waals surface area contributed by atoms with E-state index >= 15 is 0 Å². The summed E-state index contributed by atoms with van der Waals surface area (Å²) < 4.78 is 42.2. The summed E-state index contributed by atoms with van der Waals surface area (Å²) >= 11 is 6.33. The third-order valence-electron chi connectivity index (χ3n) is 6.31. The van der Waals surface area contributed by atoms with Gasteiger partial charge in [-0.25, -0.2) is 12.8 Å². The van der Waals surface area contributed by atoms with E-state index in [-0.39, 0.29) is 23.0 Å². The number of benzene rings is 3. The summed E-state index contributed by atoms with van der Waals surface area (Å²) in [4.78, 5) is 28.0. The van der Waals surface area contributed by atoms with Gasteiger partial charge in [0.25, 0.3) is 10.0 Å². The summed E-state index contributed by atoms with van der Waals surface area (Å²) in [5.41, 5.74) is 2.43. The van der Waals surface area contributed by atoms with Crippen LogP contribution in [0.1, 0.15) is 37.0 Å². The maximum atomic E-state index is 13.8. The second-order valence-electron chi connectivity index (χ2n) is 9.37. The van der Waals surface area contributed by atoms with E-state index in [9.17, 15) is 22.4 Å². The van der Waals surface area contributed by atoms with Gasteiger partial charge in [-0.2, -0.15) is 0 Å². The van der Waals surface area contributed by atoms with Crippen LogP contribution in [0.15, 0.2) is 71.6 Å². The predicted molar refractivity (Wildman–Crippen MR) is 152 cm³/mol. The summed E-state index contributed by atoms with van der Waals surface area (Å²) in [5, 5.41) is 3.13. The van der Waals surface area contributed by atoms with Crippen molar-refractivity contribution in [3.63, 3.8) is 0 Å². The molecule has 0 bridgehead atoms. The van der Waals surface area contributed by atoms with Crippen LogP contribution in [-0.2, 0) is 26.2 Å². The molecular weight excluding hydrogens is 541 g/mol. The normalized spacial score (nSPS) is 12.1. The summed E-state index contributed by atoms with van der Waals surface area (Å²) in [6.07, 6.45) is 0.709. The molecule has 0 spiro atoms. The van der Waals surface area contributed by atoms with Crippen molar-refractivity contribution in [2.45, 2.75) is 51.6 Å². The van der Waals surface area contributed by atoms with E-state index in [4.69, 9.17) is 11.6 Å². The highest BCUT2D eigenvalue weighted by atomic mass is 35.5. The number of amides is 2. The number of halogens is 2. The number of aryl methyl sites for hydroxylation is 2. The molecule has 0 saturated carbocycles. The predicted octanol–water partition coefficient (Wildman–Crippen LogP) is 5.23. The number of sulfonamides is 1. The Balaban J connectivity index is 2.04. The summed E-state index contributed by atoms with van der Waals surface area (Å²) in [7, 11) is -4.19. The van der Waals surface area contributed by atoms with Crippen LogP contribution in [0.25, 0.3) is 0 Å². The molecule has 39 heavy (non-hydrogen) atoms. The SMILES string of the molecule is CCCNC(=O)C(C)N(Cc1ccc(F)cc1)C(=O)CN(c1ccc(C)c(Cl)c1)S(=O)(=O)c1ccc(C)cc1. The first kappa shape index (κ1) is 30.1. The van der Waals surface area contributed by atoms with Crippen molar-refractivity contribution in [1.29, 1.82) is 0 Å². The maximum absolute atomic E-state index is 13.8. The lowest BCUT2D eigenvalue weighted by molar-refractivity contribution is -0.139. The molecule has 1 atom stereocenters. The molecule has 1 N–H and O–H groups in total. The lowest BCUT2D eigenvalue weighted by atomic mass is 10.1. The Morgan fingerprint density at radius 2 is 1.64 bits per heavy atom. The van der Waals surface area contributed by atoms with Crippen LogP contribution in [0.4, 0.5) is 10.1 Å². The van der Waals surface area contributed by atoms with E-state index in [2.05, 4.69) is 5.32 Å². The van der Waals surface area contributed by atoms with Crippen molar-refractivity contribution in [2.75, 3.05) is 17.4 Å². The molecule has 0 fully saturated rings. The molecule has 0 aliphatic rings. The minimum atomic E-state index is -4.19. The van der Waals surface area contributed by atoms with Gasteiger partial charge in [0, 0.05) is 18.1 Å². The van der Waals surface area contributed by atoms with E-state index in [0.29, 0.717) is 23.6 Å². The lowest BCUT2D eigenvalue weighted by Crippen LogP contribution is -2.51. The zero-order valence-electron chi connectivity index (χ0n) is 22.4. The highest BCUT2D eigenvalue weighted by Crippen LogP contribution is 2.28. The molecule has 7 nitrogen and oxygen atoms in total. The van der Waals surface area contributed by atoms with E-state index in [0.717, 1.165) is 15.4 Å². The van der Waals surface area contributed by atoms with Gasteiger partial charge in [-0.05, 0) is 74.7 Å². The molecule has 1 unspecified atom stereocenters. The van der Waals surface area contributed by atoms with Crippen LogP contribution < -0.4 is 9.62 Å². The lowest BCUT2D eigenvalue weighted by Gasteiger charge is -2.32. The minimum absolute atomic E-state index is 0.0106. The van der Waals surface area contributed by atoms with Gasteiger partial charge >= 0.3 is 0 Å². The van der Waals surface area contributed by atoms with Crippen LogP contribution in [-0.4, -0.2) is 44.3 Å². The third kappa shape index (κ3) is 7.58. The fourth-order valence-corrected chi connectivity index (χ4v) is 5.45. The summed E-state index contributed by atoms with van der Waals surface area (Å²) in [6.45, 7) is 6.94. The van der Waals surface area contributed by atoms with Crippen LogP contribution >= 0.6 is 11.6 Å². The van der Waals surface area contributed by atoms with Crippen LogP contribution in [0, 0.1) is 19.7 Å². The second-order valence-corrected chi connectivity index (χ2v) is 11.6. The molecule has 208 valence electrons. The smallest absolute Gasteiger partial charge is 0.264 e. The molecule has 0 saturated heterocycles. The first-order chi connectivity index (χ1) is 18.4. The zero-order chi connectivity index (χ0) is 28.7. The van der Waals surface area contributed by atoms with Gasteiger partial charge in [0.1, 0.15) is 18.4 Å². The standard InChI is InChI=1S/C29H33ClFN3O4S/c1-5-16-32-29(36)22(4)33(18-23-9-11-24(31)12-10-23)28(35)19-34(25-13-8-21(3)27(30)17-25)39(37,38)26-14-6-20(2)7-15-26/h6-15,17,22H,5,16,18-19H2,1-4H3,(H,32,36). The molecular formula is C29H33ClFN3O4S. The number of carbonyl (C=O) groups is 2. The average Bonchev–Trinajstić information content (AvgIpc) is 2.91. The van der Waals surface area contributed by atoms with Gasteiger partial charge in [0.2, 0.25) is 11.8 Å². The quantitative estimate of drug-likeness (QED) is 0.340. The molecule has 10 heteroatoms. The van der Waals surface area contributed by atoms with Gasteiger partial charge < -0.3 is 10.2 Å². The van der Waals surface area contributed by atoms with Crippen molar-refractivity contribution in [3.8, 4) is 0 Å². The van der Waals surface area contributed by atoms with Crippen molar-refractivity contribution >= 4 is 39.1 Å². The van der Waals surface area contributed by atoms with Crippen LogP contribution in [0.2, 0.25) is 5.02 Å². The molecule has 0 aliphatic heterocycles. The molecule has 0 heterocycles. The fourth-order valence-electron chi connectivity index (χ4n) is 3.87. The van der Waals surface area contributed by atoms with Crippen molar-refractivity contribution in [1.82, 2.24) is 10.2 Å². The van der Waals surface area contributed by atoms with E-state index in [1.165, 1.54) is 47.4 Å². The molecule has 3 aromatic carbocycles. The third-order valence-corrected chi connectivity index (χ3v) is 8.51. The number of nitrogens with zero attached hydrogens (tertiary/aromatic N) is 2. The van der Waals surface area contributed by atoms with E-state index in [1.54, 1.807) is 38.1 Å². The van der Waals surface area contributed by atoms with E-state index in [1.807, 2.05) is 13.8 Å². The number of anilines is 1. The number of rotatable bonds is 11. The Labute approximate surface area is 234 Å². The van der Waals surface area contributed by atoms with Gasteiger partial charge in [-0.3, -0.25) is 13.9 Å². The van der Waals surface area contributed by atoms with E-state index < -0.39 is 34.3 Å². The fraction of sp³-hybridized carbons (Fsp3) is 0.310. The molecule has 0 aliphatic carbocycles. The highest BCUT2D eigenvalue weighted by Gasteiger charge is 2.32. The first-order valence-electron chi connectivity index (χ1n) is 12.6. The van der Waals surface area contributed by atoms with Gasteiger partial charge in [-0.1, -0.05) is 54.4 Å². The van der Waals surface area contributed by atoms with Crippen LogP contribution in [0.3, 0.4) is 0 Å². The van der Waals surface area contributed by atoms with Gasteiger partial charge in [-0.15, -0.1) is 0 Å². The summed E-state index contributed by atoms with van der Waals surface area (Å²) in [6, 6.07) is 15.7. The number of carbonyl (C=O) groups excluding carboxylic acids is 2. The number of hydrogen-bond acceptors (Lipinski definition) is 4. The number of hydrogen-bond donors (Lipinski definition) is 1. The Morgan fingerprint density at radius 3 is 2.23 bits per heavy atom. The monoisotopic (exact) mass is 573 g/mol. The molecule has 3 aromatic rings.